The molecule has 0 saturated carbocycles. The van der Waals surface area contributed by atoms with Crippen molar-refractivity contribution in [2.45, 2.75) is 25.9 Å². The molecule has 2 amide bonds. The highest BCUT2D eigenvalue weighted by Gasteiger charge is 2.37. The number of carbonyl (C=O) groups is 2. The lowest BCUT2D eigenvalue weighted by Gasteiger charge is -2.32. The molecular weight excluding hydrogens is 569 g/mol. The summed E-state index contributed by atoms with van der Waals surface area (Å²) in [5.74, 6) is 0.239. The first-order valence-corrected chi connectivity index (χ1v) is 15.8. The van der Waals surface area contributed by atoms with Gasteiger partial charge in [0.15, 0.2) is 0 Å². The number of benzene rings is 1. The molecule has 0 bridgehead atoms. The molecule has 1 aromatic carbocycles. The summed E-state index contributed by atoms with van der Waals surface area (Å²) in [6.45, 7) is 2.64. The van der Waals surface area contributed by atoms with Gasteiger partial charge >= 0.3 is 6.18 Å². The van der Waals surface area contributed by atoms with Gasteiger partial charge in [-0.2, -0.15) is 18.3 Å². The van der Waals surface area contributed by atoms with E-state index in [-0.39, 0.29) is 42.4 Å². The average molecular weight is 601 g/mol. The number of carbonyl (C=O) groups excluding carboxylic acids is 2. The Balaban J connectivity index is 1.69. The van der Waals surface area contributed by atoms with Crippen molar-refractivity contribution < 1.29 is 27.5 Å². The Bertz CT molecular complexity index is 1430. The van der Waals surface area contributed by atoms with Gasteiger partial charge in [0.1, 0.15) is 12.4 Å². The highest BCUT2D eigenvalue weighted by atomic mass is 35.5. The number of aromatic nitrogens is 4. The smallest absolute Gasteiger partial charge is 0.360 e. The molecule has 1 aliphatic rings. The quantitative estimate of drug-likeness (QED) is 0.339. The van der Waals surface area contributed by atoms with Crippen LogP contribution in [0.4, 0.5) is 18.9 Å². The van der Waals surface area contributed by atoms with Crippen molar-refractivity contribution in [1.82, 2.24) is 24.2 Å². The van der Waals surface area contributed by atoms with E-state index in [9.17, 15) is 22.8 Å². The number of hydrogen-bond donors (Lipinski definition) is 0. The number of nitrogens with zero attached hydrogens (tertiary/aromatic N) is 6. The van der Waals surface area contributed by atoms with Crippen LogP contribution < -0.4 is 4.90 Å². The van der Waals surface area contributed by atoms with E-state index in [1.54, 1.807) is 29.5 Å². The molecule has 2 aromatic heterocycles. The van der Waals surface area contributed by atoms with Gasteiger partial charge in [0, 0.05) is 38.3 Å². The fourth-order valence-corrected chi connectivity index (χ4v) is 5.16. The van der Waals surface area contributed by atoms with Gasteiger partial charge in [-0.25, -0.2) is 15.0 Å². The molecule has 3 aromatic rings. The molecule has 0 radical (unpaired) electrons. The molecule has 9 nitrogen and oxygen atoms in total. The molecule has 40 heavy (non-hydrogen) atoms. The summed E-state index contributed by atoms with van der Waals surface area (Å²) in [6, 6.07) is 2.94. The number of alkyl halides is 3. The number of halogens is 4. The maximum atomic E-state index is 13.7. The summed E-state index contributed by atoms with van der Waals surface area (Å²) in [5, 5.41) is 3.90. The molecule has 0 aliphatic carbocycles. The number of hydrogen-bond acceptors (Lipinski definition) is 5. The maximum Gasteiger partial charge on any atom is 0.417 e. The molecule has 1 unspecified atom stereocenters. The minimum atomic E-state index is -4.61. The van der Waals surface area contributed by atoms with Gasteiger partial charge in [-0.15, -0.1) is 0 Å². The zero-order valence-corrected chi connectivity index (χ0v) is 24.7. The number of ether oxygens (including phenoxy) is 1. The molecule has 0 N–H and O–H groups in total. The Morgan fingerprint density at radius 2 is 1.95 bits per heavy atom. The van der Waals surface area contributed by atoms with Gasteiger partial charge in [0.05, 0.1) is 40.7 Å². The third-order valence-electron chi connectivity index (χ3n) is 6.40. The van der Waals surface area contributed by atoms with Crippen LogP contribution in [0.15, 0.2) is 30.6 Å². The highest BCUT2D eigenvalue weighted by molar-refractivity contribution is 8.32. The van der Waals surface area contributed by atoms with E-state index in [4.69, 9.17) is 16.3 Å². The van der Waals surface area contributed by atoms with Crippen molar-refractivity contribution in [2.24, 2.45) is 0 Å². The first kappa shape index (κ1) is 29.9. The second-order valence-corrected chi connectivity index (χ2v) is 15.7. The largest absolute Gasteiger partial charge is 0.417 e. The van der Waals surface area contributed by atoms with Gasteiger partial charge in [-0.05, 0) is 43.9 Å². The fraction of sp³-hybridized carbons (Fsp3) is 0.462. The van der Waals surface area contributed by atoms with Crippen molar-refractivity contribution in [2.75, 3.05) is 56.7 Å². The van der Waals surface area contributed by atoms with Crippen LogP contribution in [0, 0.1) is 0 Å². The predicted octanol–water partition coefficient (Wildman–Crippen LogP) is 5.01. The van der Waals surface area contributed by atoms with Crippen molar-refractivity contribution in [3.63, 3.8) is 0 Å². The van der Waals surface area contributed by atoms with E-state index < -0.39 is 32.7 Å². The lowest BCUT2D eigenvalue weighted by Crippen LogP contribution is -2.42. The number of rotatable bonds is 8. The molecule has 3 heterocycles. The molecule has 1 aliphatic heterocycles. The van der Waals surface area contributed by atoms with Gasteiger partial charge in [0.25, 0.3) is 11.8 Å². The van der Waals surface area contributed by atoms with E-state index in [2.05, 4.69) is 28.8 Å². The van der Waals surface area contributed by atoms with Crippen molar-refractivity contribution in [1.29, 1.82) is 0 Å². The third kappa shape index (κ3) is 6.16. The van der Waals surface area contributed by atoms with Crippen LogP contribution in [0.25, 0.3) is 11.3 Å². The first-order chi connectivity index (χ1) is 18.6. The topological polar surface area (TPSA) is 85.5 Å². The lowest BCUT2D eigenvalue weighted by molar-refractivity contribution is -0.137. The summed E-state index contributed by atoms with van der Waals surface area (Å²) in [6.07, 6.45) is 5.11. The van der Waals surface area contributed by atoms with Crippen LogP contribution in [0.1, 0.15) is 39.6 Å². The molecule has 218 valence electrons. The summed E-state index contributed by atoms with van der Waals surface area (Å²) in [7, 11) is 2.48. The van der Waals surface area contributed by atoms with E-state index in [0.717, 1.165) is 17.9 Å². The summed E-state index contributed by atoms with van der Waals surface area (Å²) >= 11 is 5.94. The zero-order valence-electron chi connectivity index (χ0n) is 23.1. The summed E-state index contributed by atoms with van der Waals surface area (Å²) < 4.78 is 48.7. The normalized spacial score (nSPS) is 16.3. The first-order valence-electron chi connectivity index (χ1n) is 12.4. The Labute approximate surface area is 237 Å². The molecule has 0 fully saturated rings. The number of fused-ring (bicyclic) bond motifs is 1. The highest BCUT2D eigenvalue weighted by Crippen LogP contribution is 2.39. The van der Waals surface area contributed by atoms with Gasteiger partial charge in [-0.3, -0.25) is 14.3 Å². The van der Waals surface area contributed by atoms with Gasteiger partial charge in [0.2, 0.25) is 5.82 Å². The fourth-order valence-electron chi connectivity index (χ4n) is 4.26. The minimum Gasteiger partial charge on any atom is -0.360 e. The van der Waals surface area contributed by atoms with Crippen molar-refractivity contribution in [3.8, 4) is 11.3 Å². The molecule has 1 atom stereocenters. The number of amides is 2. The predicted molar refractivity (Wildman–Crippen MR) is 150 cm³/mol. The Kier molecular flexibility index (Phi) is 8.30. The van der Waals surface area contributed by atoms with Crippen LogP contribution >= 0.6 is 21.6 Å². The van der Waals surface area contributed by atoms with E-state index >= 15 is 0 Å². The SMILES string of the molecule is CC1CN(c2ccc(C(F)(F)F)c(Cl)c2)C(=O)c2c(-c3cn(COCCS(C)(C)C)c(C(=O)N(C)C)n3)cnn21. The maximum absolute atomic E-state index is 13.7. The third-order valence-corrected chi connectivity index (χ3v) is 8.10. The number of imidazole rings is 1. The summed E-state index contributed by atoms with van der Waals surface area (Å²) in [5.41, 5.74) is 0.211. The molecule has 4 rings (SSSR count). The van der Waals surface area contributed by atoms with E-state index in [1.807, 2.05) is 6.92 Å². The van der Waals surface area contributed by atoms with Gasteiger partial charge in [-0.1, -0.05) is 11.6 Å². The number of anilines is 1. The van der Waals surface area contributed by atoms with E-state index in [0.29, 0.717) is 17.9 Å². The van der Waals surface area contributed by atoms with Crippen LogP contribution in [0.2, 0.25) is 5.02 Å². The second-order valence-electron chi connectivity index (χ2n) is 10.7. The molecular formula is C26H32ClF3N6O3S. The molecule has 0 spiro atoms. The van der Waals surface area contributed by atoms with Crippen molar-refractivity contribution in [3.05, 3.63) is 52.7 Å². The zero-order chi connectivity index (χ0) is 29.6. The van der Waals surface area contributed by atoms with Crippen LogP contribution in [-0.2, 0) is 17.6 Å². The average Bonchev–Trinajstić information content (AvgIpc) is 3.47. The Morgan fingerprint density at radius 1 is 1.25 bits per heavy atom. The minimum absolute atomic E-state index is 0.0986. The lowest BCUT2D eigenvalue weighted by atomic mass is 10.1. The standard InChI is InChI=1S/C26H32ClF3N6O3S/c1-16-13-35(17-7-8-19(20(27)11-17)26(28,29)30)24(37)22-18(12-31-36(16)22)21-14-34(15-39-9-10-40(4,5)6)23(32-21)25(38)33(2)3/h7-8,11-12,14,16H,9-10,13,15H2,1-6H3. The van der Waals surface area contributed by atoms with Crippen molar-refractivity contribution >= 4 is 39.1 Å². The second kappa shape index (κ2) is 11.1. The van der Waals surface area contributed by atoms with Crippen LogP contribution in [-0.4, -0.2) is 87.8 Å². The molecule has 0 saturated heterocycles. The van der Waals surface area contributed by atoms with Crippen LogP contribution in [0.3, 0.4) is 0 Å². The monoisotopic (exact) mass is 600 g/mol. The van der Waals surface area contributed by atoms with Crippen LogP contribution in [0.5, 0.6) is 0 Å². The summed E-state index contributed by atoms with van der Waals surface area (Å²) in [4.78, 5) is 34.0. The Morgan fingerprint density at radius 3 is 2.55 bits per heavy atom. The van der Waals surface area contributed by atoms with Gasteiger partial charge < -0.3 is 19.1 Å². The van der Waals surface area contributed by atoms with E-state index in [1.165, 1.54) is 22.1 Å². The molecule has 14 heteroatoms. The Hall–Kier alpha value is -3.03.